The Morgan fingerprint density at radius 2 is 1.61 bits per heavy atom. The Morgan fingerprint density at radius 3 is 2.18 bits per heavy atom. The van der Waals surface area contributed by atoms with Crippen LogP contribution in [0.3, 0.4) is 0 Å². The summed E-state index contributed by atoms with van der Waals surface area (Å²) in [4.78, 5) is 23.6. The number of hydrogen-bond donors (Lipinski definition) is 2. The van der Waals surface area contributed by atoms with Gasteiger partial charge in [0, 0.05) is 5.92 Å². The molecule has 6 heteroatoms. The van der Waals surface area contributed by atoms with Gasteiger partial charge in [-0.15, -0.1) is 0 Å². The zero-order valence-corrected chi connectivity index (χ0v) is 17.7. The van der Waals surface area contributed by atoms with Crippen molar-refractivity contribution in [2.75, 3.05) is 11.0 Å². The number of fused-ring (bicyclic) bond motifs is 3. The lowest BCUT2D eigenvalue weighted by Crippen LogP contribution is -2.41. The van der Waals surface area contributed by atoms with Crippen LogP contribution in [0.15, 0.2) is 48.5 Å². The van der Waals surface area contributed by atoms with Crippen LogP contribution in [-0.4, -0.2) is 34.2 Å². The van der Waals surface area contributed by atoms with Gasteiger partial charge >= 0.3 is 12.1 Å². The van der Waals surface area contributed by atoms with Gasteiger partial charge in [-0.05, 0) is 39.5 Å². The quantitative estimate of drug-likeness (QED) is 0.294. The number of amides is 1. The molecule has 2 aromatic carbocycles. The van der Waals surface area contributed by atoms with E-state index in [0.29, 0.717) is 6.42 Å². The first-order valence-electron chi connectivity index (χ1n) is 9.52. The van der Waals surface area contributed by atoms with Crippen LogP contribution in [0.5, 0.6) is 0 Å². The molecule has 2 N–H and O–H groups in total. The third-order valence-corrected chi connectivity index (χ3v) is 5.82. The van der Waals surface area contributed by atoms with Gasteiger partial charge in [0.05, 0.1) is 0 Å². The Balaban J connectivity index is 1.60. The summed E-state index contributed by atoms with van der Waals surface area (Å²) in [6, 6.07) is 15.3. The first-order chi connectivity index (χ1) is 13.6. The molecule has 0 aliphatic heterocycles. The Morgan fingerprint density at radius 1 is 1.00 bits per heavy atom. The number of benzene rings is 2. The fourth-order valence-corrected chi connectivity index (χ4v) is 4.20. The largest absolute Gasteiger partial charge is 0.480 e. The number of alkyl halides is 1. The van der Waals surface area contributed by atoms with Gasteiger partial charge in [0.15, 0.2) is 0 Å². The van der Waals surface area contributed by atoms with E-state index in [0.717, 1.165) is 45.9 Å². The summed E-state index contributed by atoms with van der Waals surface area (Å²) in [5.74, 6) is -1.06. The molecule has 0 aromatic heterocycles. The van der Waals surface area contributed by atoms with Crippen LogP contribution in [0.2, 0.25) is 0 Å². The molecule has 0 unspecified atom stereocenters. The predicted octanol–water partition coefficient (Wildman–Crippen LogP) is 4.97. The Hall–Kier alpha value is -2.09. The summed E-state index contributed by atoms with van der Waals surface area (Å²) >= 11 is 2.30. The van der Waals surface area contributed by atoms with Gasteiger partial charge in [-0.25, -0.2) is 9.59 Å². The van der Waals surface area contributed by atoms with E-state index in [-0.39, 0.29) is 12.5 Å². The van der Waals surface area contributed by atoms with Gasteiger partial charge in [0.25, 0.3) is 0 Å². The third kappa shape index (κ3) is 4.84. The molecule has 0 saturated carbocycles. The number of carbonyl (C=O) groups is 2. The average Bonchev–Trinajstić information content (AvgIpc) is 3.02. The Kier molecular flexibility index (Phi) is 7.30. The van der Waals surface area contributed by atoms with E-state index in [1.807, 2.05) is 24.3 Å². The van der Waals surface area contributed by atoms with E-state index in [4.69, 9.17) is 4.74 Å². The maximum Gasteiger partial charge on any atom is 0.407 e. The summed E-state index contributed by atoms with van der Waals surface area (Å²) in [5, 5.41) is 11.8. The number of alkyl carbamates (subject to hydrolysis) is 1. The van der Waals surface area contributed by atoms with Crippen LogP contribution in [-0.2, 0) is 9.53 Å². The van der Waals surface area contributed by atoms with Crippen LogP contribution in [0, 0.1) is 0 Å². The van der Waals surface area contributed by atoms with Crippen molar-refractivity contribution in [3.63, 3.8) is 0 Å². The van der Waals surface area contributed by atoms with Crippen LogP contribution >= 0.6 is 22.6 Å². The molecule has 0 radical (unpaired) electrons. The van der Waals surface area contributed by atoms with Gasteiger partial charge < -0.3 is 15.2 Å². The third-order valence-electron chi connectivity index (χ3n) is 5.06. The van der Waals surface area contributed by atoms with Crippen molar-refractivity contribution >= 4 is 34.7 Å². The molecular formula is C22H24INO4. The van der Waals surface area contributed by atoms with Crippen molar-refractivity contribution in [2.45, 2.75) is 37.6 Å². The number of ether oxygens (including phenoxy) is 1. The summed E-state index contributed by atoms with van der Waals surface area (Å²) < 4.78 is 6.48. The normalized spacial score (nSPS) is 13.5. The highest BCUT2D eigenvalue weighted by molar-refractivity contribution is 14.1. The fourth-order valence-electron chi connectivity index (χ4n) is 3.66. The molecule has 0 saturated heterocycles. The van der Waals surface area contributed by atoms with Crippen molar-refractivity contribution in [1.82, 2.24) is 5.32 Å². The number of hydrogen-bond acceptors (Lipinski definition) is 3. The molecule has 5 nitrogen and oxygen atoms in total. The number of carbonyl (C=O) groups excluding carboxylic acids is 1. The van der Waals surface area contributed by atoms with Crippen molar-refractivity contribution in [3.05, 3.63) is 59.7 Å². The van der Waals surface area contributed by atoms with Gasteiger partial charge in [0.2, 0.25) is 0 Å². The molecule has 0 heterocycles. The highest BCUT2D eigenvalue weighted by atomic mass is 127. The second-order valence-electron chi connectivity index (χ2n) is 6.90. The number of carboxylic acid groups (broad SMARTS) is 1. The molecule has 1 atom stereocenters. The summed E-state index contributed by atoms with van der Waals surface area (Å²) in [6.45, 7) is 0.182. The van der Waals surface area contributed by atoms with E-state index >= 15 is 0 Å². The highest BCUT2D eigenvalue weighted by Crippen LogP contribution is 2.44. The molecule has 148 valence electrons. The zero-order chi connectivity index (χ0) is 19.9. The summed E-state index contributed by atoms with van der Waals surface area (Å²) in [5.41, 5.74) is 4.58. The van der Waals surface area contributed by atoms with Gasteiger partial charge in [-0.3, -0.25) is 0 Å². The monoisotopic (exact) mass is 493 g/mol. The molecule has 1 amide bonds. The molecule has 0 fully saturated rings. The lowest BCUT2D eigenvalue weighted by atomic mass is 9.98. The van der Waals surface area contributed by atoms with Crippen LogP contribution < -0.4 is 5.32 Å². The minimum absolute atomic E-state index is 0.0370. The van der Waals surface area contributed by atoms with E-state index in [1.54, 1.807) is 0 Å². The SMILES string of the molecule is O=C(N[C@@H](CCCCCI)C(=O)O)OCC1c2ccccc2-c2ccccc21. The zero-order valence-electron chi connectivity index (χ0n) is 15.6. The number of carboxylic acids is 1. The molecule has 3 rings (SSSR count). The van der Waals surface area contributed by atoms with Crippen molar-refractivity contribution in [2.24, 2.45) is 0 Å². The maximum atomic E-state index is 12.2. The number of aliphatic carboxylic acids is 1. The molecule has 0 bridgehead atoms. The van der Waals surface area contributed by atoms with Gasteiger partial charge in [-0.2, -0.15) is 0 Å². The minimum atomic E-state index is -1.03. The predicted molar refractivity (Wildman–Crippen MR) is 117 cm³/mol. The van der Waals surface area contributed by atoms with Crippen molar-refractivity contribution in [1.29, 1.82) is 0 Å². The first-order valence-corrected chi connectivity index (χ1v) is 11.0. The highest BCUT2D eigenvalue weighted by Gasteiger charge is 2.29. The topological polar surface area (TPSA) is 75.6 Å². The van der Waals surface area contributed by atoms with E-state index in [1.165, 1.54) is 0 Å². The second kappa shape index (κ2) is 9.91. The van der Waals surface area contributed by atoms with Crippen molar-refractivity contribution < 1.29 is 19.4 Å². The van der Waals surface area contributed by atoms with E-state index in [2.05, 4.69) is 52.2 Å². The Bertz CT molecular complexity index is 793. The first kappa shape index (κ1) is 20.6. The van der Waals surface area contributed by atoms with Crippen molar-refractivity contribution in [3.8, 4) is 11.1 Å². The molecule has 28 heavy (non-hydrogen) atoms. The molecule has 0 spiro atoms. The Labute approximate surface area is 178 Å². The minimum Gasteiger partial charge on any atom is -0.480 e. The number of halogens is 1. The number of rotatable bonds is 9. The number of nitrogens with one attached hydrogen (secondary N) is 1. The lowest BCUT2D eigenvalue weighted by molar-refractivity contribution is -0.139. The fraction of sp³-hybridized carbons (Fsp3) is 0.364. The standard InChI is InChI=1S/C22H24INO4/c23-13-7-1-2-12-20(21(25)26)24-22(27)28-14-19-17-10-5-3-8-15(17)16-9-4-6-11-18(16)19/h3-6,8-11,19-20H,1-2,7,12-14H2,(H,24,27)(H,25,26)/t20-/m0/s1. The maximum absolute atomic E-state index is 12.2. The summed E-state index contributed by atoms with van der Waals surface area (Å²) in [6.07, 6.45) is 2.51. The second-order valence-corrected chi connectivity index (χ2v) is 7.98. The van der Waals surface area contributed by atoms with E-state index in [9.17, 15) is 14.7 Å². The van der Waals surface area contributed by atoms with E-state index < -0.39 is 18.1 Å². The summed E-state index contributed by atoms with van der Waals surface area (Å²) in [7, 11) is 0. The molecule has 1 aliphatic rings. The van der Waals surface area contributed by atoms with Gasteiger partial charge in [0.1, 0.15) is 12.6 Å². The lowest BCUT2D eigenvalue weighted by Gasteiger charge is -2.17. The number of unbranched alkanes of at least 4 members (excludes halogenated alkanes) is 2. The molecule has 1 aliphatic carbocycles. The average molecular weight is 493 g/mol. The van der Waals surface area contributed by atoms with Crippen LogP contribution in [0.25, 0.3) is 11.1 Å². The molecular weight excluding hydrogens is 469 g/mol. The van der Waals surface area contributed by atoms with Gasteiger partial charge in [-0.1, -0.05) is 84.0 Å². The van der Waals surface area contributed by atoms with Crippen LogP contribution in [0.4, 0.5) is 4.79 Å². The molecule has 2 aromatic rings. The smallest absolute Gasteiger partial charge is 0.407 e. The van der Waals surface area contributed by atoms with Crippen LogP contribution in [0.1, 0.15) is 42.7 Å².